The van der Waals surface area contributed by atoms with Crippen LogP contribution < -0.4 is 5.73 Å². The molecule has 0 saturated heterocycles. The summed E-state index contributed by atoms with van der Waals surface area (Å²) in [6.07, 6.45) is 0.744. The summed E-state index contributed by atoms with van der Waals surface area (Å²) >= 11 is 3.30. The van der Waals surface area contributed by atoms with Crippen LogP contribution in [-0.2, 0) is 6.42 Å². The van der Waals surface area contributed by atoms with Crippen molar-refractivity contribution < 1.29 is 4.39 Å². The quantitative estimate of drug-likeness (QED) is 0.883. The molecular formula is C16H17BrFN. The zero-order valence-corrected chi connectivity index (χ0v) is 12.4. The molecule has 0 spiro atoms. The van der Waals surface area contributed by atoms with Crippen LogP contribution in [0, 0.1) is 11.7 Å². The van der Waals surface area contributed by atoms with E-state index in [1.807, 2.05) is 36.4 Å². The summed E-state index contributed by atoms with van der Waals surface area (Å²) in [5.41, 5.74) is 8.34. The molecule has 0 heterocycles. The molecule has 1 nitrogen and oxygen atoms in total. The van der Waals surface area contributed by atoms with Crippen LogP contribution in [0.15, 0.2) is 53.0 Å². The number of halogens is 2. The van der Waals surface area contributed by atoms with E-state index in [-0.39, 0.29) is 17.8 Å². The van der Waals surface area contributed by atoms with Crippen molar-refractivity contribution in [1.82, 2.24) is 0 Å². The van der Waals surface area contributed by atoms with Gasteiger partial charge >= 0.3 is 0 Å². The summed E-state index contributed by atoms with van der Waals surface area (Å²) in [7, 11) is 0. The number of hydrogen-bond acceptors (Lipinski definition) is 1. The lowest BCUT2D eigenvalue weighted by atomic mass is 9.90. The molecule has 19 heavy (non-hydrogen) atoms. The lowest BCUT2D eigenvalue weighted by Gasteiger charge is -2.21. The second-order valence-electron chi connectivity index (χ2n) is 4.83. The normalized spacial score (nSPS) is 14.1. The molecule has 0 fully saturated rings. The van der Waals surface area contributed by atoms with Gasteiger partial charge in [-0.2, -0.15) is 0 Å². The van der Waals surface area contributed by atoms with Crippen molar-refractivity contribution in [2.45, 2.75) is 19.4 Å². The van der Waals surface area contributed by atoms with Gasteiger partial charge in [-0.05, 0) is 45.5 Å². The fourth-order valence-corrected chi connectivity index (χ4v) is 2.61. The van der Waals surface area contributed by atoms with Crippen LogP contribution in [0.2, 0.25) is 0 Å². The van der Waals surface area contributed by atoms with E-state index < -0.39 is 0 Å². The Kier molecular flexibility index (Phi) is 4.72. The van der Waals surface area contributed by atoms with E-state index in [0.29, 0.717) is 4.47 Å². The maximum atomic E-state index is 13.5. The molecule has 0 aliphatic carbocycles. The second-order valence-corrected chi connectivity index (χ2v) is 5.62. The molecule has 2 rings (SSSR count). The first-order chi connectivity index (χ1) is 9.09. The molecule has 2 atom stereocenters. The zero-order valence-electron chi connectivity index (χ0n) is 10.8. The minimum Gasteiger partial charge on any atom is -0.324 e. The minimum absolute atomic E-state index is 0.0450. The molecule has 2 N–H and O–H groups in total. The Hall–Kier alpha value is -1.19. The smallest absolute Gasteiger partial charge is 0.137 e. The largest absolute Gasteiger partial charge is 0.324 e. The zero-order chi connectivity index (χ0) is 13.8. The summed E-state index contributed by atoms with van der Waals surface area (Å²) in [5, 5.41) is 0. The van der Waals surface area contributed by atoms with Gasteiger partial charge in [0.1, 0.15) is 5.82 Å². The minimum atomic E-state index is -0.224. The first kappa shape index (κ1) is 14.2. The maximum absolute atomic E-state index is 13.5. The Morgan fingerprint density at radius 3 is 2.47 bits per heavy atom. The van der Waals surface area contributed by atoms with Gasteiger partial charge in [0, 0.05) is 6.04 Å². The Morgan fingerprint density at radius 2 is 1.79 bits per heavy atom. The molecular weight excluding hydrogens is 305 g/mol. The summed E-state index contributed by atoms with van der Waals surface area (Å²) in [6.45, 7) is 2.09. The van der Waals surface area contributed by atoms with Gasteiger partial charge in [-0.15, -0.1) is 0 Å². The summed E-state index contributed by atoms with van der Waals surface area (Å²) in [6, 6.07) is 15.1. The van der Waals surface area contributed by atoms with Crippen LogP contribution in [0.5, 0.6) is 0 Å². The number of nitrogens with two attached hydrogens (primary N) is 1. The van der Waals surface area contributed by atoms with Crippen LogP contribution in [0.25, 0.3) is 0 Å². The molecule has 0 aromatic heterocycles. The molecule has 2 unspecified atom stereocenters. The highest BCUT2D eigenvalue weighted by Gasteiger charge is 2.17. The molecule has 0 saturated carbocycles. The Morgan fingerprint density at radius 1 is 1.11 bits per heavy atom. The predicted molar refractivity (Wildman–Crippen MR) is 80.3 cm³/mol. The van der Waals surface area contributed by atoms with Crippen molar-refractivity contribution >= 4 is 15.9 Å². The van der Waals surface area contributed by atoms with E-state index in [4.69, 9.17) is 5.73 Å². The van der Waals surface area contributed by atoms with Crippen molar-refractivity contribution in [2.75, 3.05) is 0 Å². The van der Waals surface area contributed by atoms with Gasteiger partial charge in [0.15, 0.2) is 0 Å². The predicted octanol–water partition coefficient (Wildman–Crippen LogP) is 4.47. The number of hydrogen-bond donors (Lipinski definition) is 1. The average molecular weight is 322 g/mol. The second kappa shape index (κ2) is 6.31. The average Bonchev–Trinajstić information content (AvgIpc) is 2.44. The van der Waals surface area contributed by atoms with Crippen LogP contribution >= 0.6 is 15.9 Å². The van der Waals surface area contributed by atoms with Gasteiger partial charge in [0.05, 0.1) is 4.47 Å². The molecule has 2 aromatic rings. The fourth-order valence-electron chi connectivity index (χ4n) is 2.18. The molecule has 100 valence electrons. The first-order valence-electron chi connectivity index (χ1n) is 6.33. The van der Waals surface area contributed by atoms with Gasteiger partial charge in [0.2, 0.25) is 0 Å². The fraction of sp³-hybridized carbons (Fsp3) is 0.250. The van der Waals surface area contributed by atoms with Crippen molar-refractivity contribution in [1.29, 1.82) is 0 Å². The Balaban J connectivity index is 2.13. The standard InChI is InChI=1S/C16H17BrFN/c1-11(16(19)12-6-3-2-4-7-12)10-13-8-5-9-14(18)15(13)17/h2-9,11,16H,10,19H2,1H3. The Bertz CT molecular complexity index is 542. The van der Waals surface area contributed by atoms with Crippen molar-refractivity contribution in [2.24, 2.45) is 11.7 Å². The van der Waals surface area contributed by atoms with Gasteiger partial charge in [-0.1, -0.05) is 49.4 Å². The van der Waals surface area contributed by atoms with E-state index in [1.54, 1.807) is 6.07 Å². The molecule has 0 bridgehead atoms. The van der Waals surface area contributed by atoms with E-state index in [0.717, 1.165) is 17.5 Å². The third-order valence-electron chi connectivity index (χ3n) is 3.37. The third kappa shape index (κ3) is 3.43. The SMILES string of the molecule is CC(Cc1cccc(F)c1Br)C(N)c1ccccc1. The van der Waals surface area contributed by atoms with Crippen molar-refractivity contribution in [3.63, 3.8) is 0 Å². The van der Waals surface area contributed by atoms with Crippen molar-refractivity contribution in [3.05, 3.63) is 69.9 Å². The maximum Gasteiger partial charge on any atom is 0.137 e. The molecule has 0 aliphatic heterocycles. The van der Waals surface area contributed by atoms with E-state index in [2.05, 4.69) is 22.9 Å². The lowest BCUT2D eigenvalue weighted by Crippen LogP contribution is -2.21. The number of rotatable bonds is 4. The first-order valence-corrected chi connectivity index (χ1v) is 7.12. The van der Waals surface area contributed by atoms with E-state index in [9.17, 15) is 4.39 Å². The molecule has 2 aromatic carbocycles. The summed E-state index contributed by atoms with van der Waals surface area (Å²) in [5.74, 6) is 0.0125. The van der Waals surface area contributed by atoms with Gasteiger partial charge in [0.25, 0.3) is 0 Å². The highest BCUT2D eigenvalue weighted by atomic mass is 79.9. The van der Waals surface area contributed by atoms with Crippen LogP contribution in [0.3, 0.4) is 0 Å². The molecule has 0 aliphatic rings. The molecule has 0 radical (unpaired) electrons. The van der Waals surface area contributed by atoms with Crippen LogP contribution in [0.4, 0.5) is 4.39 Å². The summed E-state index contributed by atoms with van der Waals surface area (Å²) in [4.78, 5) is 0. The van der Waals surface area contributed by atoms with Gasteiger partial charge in [-0.25, -0.2) is 4.39 Å². The highest BCUT2D eigenvalue weighted by Crippen LogP contribution is 2.27. The highest BCUT2D eigenvalue weighted by molar-refractivity contribution is 9.10. The topological polar surface area (TPSA) is 26.0 Å². The van der Waals surface area contributed by atoms with Gasteiger partial charge < -0.3 is 5.73 Å². The van der Waals surface area contributed by atoms with Crippen LogP contribution in [0.1, 0.15) is 24.1 Å². The molecule has 0 amide bonds. The Labute approximate surface area is 121 Å². The van der Waals surface area contributed by atoms with Crippen molar-refractivity contribution in [3.8, 4) is 0 Å². The van der Waals surface area contributed by atoms with E-state index >= 15 is 0 Å². The molecule has 3 heteroatoms. The van der Waals surface area contributed by atoms with Gasteiger partial charge in [-0.3, -0.25) is 0 Å². The van der Waals surface area contributed by atoms with Crippen LogP contribution in [-0.4, -0.2) is 0 Å². The monoisotopic (exact) mass is 321 g/mol. The summed E-state index contributed by atoms with van der Waals surface area (Å²) < 4.78 is 14.0. The third-order valence-corrected chi connectivity index (χ3v) is 4.26. The lowest BCUT2D eigenvalue weighted by molar-refractivity contribution is 0.466. The number of benzene rings is 2. The van der Waals surface area contributed by atoms with E-state index in [1.165, 1.54) is 6.07 Å².